The topological polar surface area (TPSA) is 76.2 Å². The highest BCUT2D eigenvalue weighted by atomic mass is 16.5. The van der Waals surface area contributed by atoms with E-state index in [1.165, 1.54) is 12.8 Å². The molecule has 7 nitrogen and oxygen atoms in total. The van der Waals surface area contributed by atoms with Crippen LogP contribution in [0.4, 0.5) is 0 Å². The van der Waals surface area contributed by atoms with Crippen molar-refractivity contribution in [1.29, 1.82) is 0 Å². The minimum absolute atomic E-state index is 0.0925. The van der Waals surface area contributed by atoms with Crippen molar-refractivity contribution in [2.45, 2.75) is 71.1 Å². The molecule has 140 valence electrons. The van der Waals surface area contributed by atoms with Gasteiger partial charge in [-0.2, -0.15) is 0 Å². The Hall–Kier alpha value is -2.15. The monoisotopic (exact) mass is 357 g/mol. The van der Waals surface area contributed by atoms with Crippen molar-refractivity contribution in [3.8, 4) is 0 Å². The van der Waals surface area contributed by atoms with Gasteiger partial charge in [-0.1, -0.05) is 18.0 Å². The number of hydrogen-bond donors (Lipinski definition) is 1. The molecule has 4 rings (SSSR count). The first kappa shape index (κ1) is 17.3. The van der Waals surface area contributed by atoms with E-state index in [0.717, 1.165) is 55.4 Å². The zero-order chi connectivity index (χ0) is 18.1. The summed E-state index contributed by atoms with van der Waals surface area (Å²) in [5.41, 5.74) is 1.81. The van der Waals surface area contributed by atoms with E-state index in [1.807, 2.05) is 19.2 Å². The van der Waals surface area contributed by atoms with Gasteiger partial charge >= 0.3 is 0 Å². The summed E-state index contributed by atoms with van der Waals surface area (Å²) in [7, 11) is 0. The zero-order valence-electron chi connectivity index (χ0n) is 15.6. The zero-order valence-corrected chi connectivity index (χ0v) is 15.6. The molecule has 1 amide bonds. The lowest BCUT2D eigenvalue weighted by Crippen LogP contribution is -2.36. The van der Waals surface area contributed by atoms with E-state index in [2.05, 4.69) is 26.9 Å². The van der Waals surface area contributed by atoms with Gasteiger partial charge in [0.05, 0.1) is 23.9 Å². The van der Waals surface area contributed by atoms with Gasteiger partial charge in [-0.3, -0.25) is 9.69 Å². The molecule has 2 aliphatic rings. The van der Waals surface area contributed by atoms with Crippen LogP contribution in [0, 0.1) is 6.92 Å². The summed E-state index contributed by atoms with van der Waals surface area (Å²) in [5.74, 6) is 1.96. The Bertz CT molecular complexity index is 775. The summed E-state index contributed by atoms with van der Waals surface area (Å²) in [4.78, 5) is 19.4. The maximum absolute atomic E-state index is 12.3. The molecule has 0 bridgehead atoms. The van der Waals surface area contributed by atoms with E-state index in [4.69, 9.17) is 9.51 Å². The molecule has 1 fully saturated rings. The lowest BCUT2D eigenvalue weighted by molar-refractivity contribution is -0.121. The Morgan fingerprint density at radius 1 is 1.31 bits per heavy atom. The fourth-order valence-corrected chi connectivity index (χ4v) is 4.11. The Morgan fingerprint density at radius 3 is 2.85 bits per heavy atom. The quantitative estimate of drug-likeness (QED) is 0.889. The first-order chi connectivity index (χ1) is 12.6. The maximum atomic E-state index is 12.3. The molecule has 3 heterocycles. The second kappa shape index (κ2) is 7.23. The van der Waals surface area contributed by atoms with Gasteiger partial charge in [-0.05, 0) is 26.7 Å². The molecule has 1 unspecified atom stereocenters. The average Bonchev–Trinajstić information content (AvgIpc) is 3.32. The predicted octanol–water partition coefficient (Wildman–Crippen LogP) is 2.36. The average molecular weight is 357 g/mol. The van der Waals surface area contributed by atoms with E-state index < -0.39 is 0 Å². The molecule has 2 aromatic rings. The van der Waals surface area contributed by atoms with Crippen molar-refractivity contribution < 1.29 is 9.32 Å². The minimum Gasteiger partial charge on any atom is -0.361 e. The summed E-state index contributed by atoms with van der Waals surface area (Å²) >= 11 is 0. The van der Waals surface area contributed by atoms with Crippen LogP contribution in [-0.4, -0.2) is 38.1 Å². The van der Waals surface area contributed by atoms with Crippen LogP contribution in [0.25, 0.3) is 0 Å². The third-order valence-electron chi connectivity index (χ3n) is 5.51. The first-order valence-corrected chi connectivity index (χ1v) is 9.60. The molecule has 26 heavy (non-hydrogen) atoms. The fourth-order valence-electron chi connectivity index (χ4n) is 4.11. The normalized spacial score (nSPS) is 21.1. The molecular formula is C19H27N5O2. The number of carbonyl (C=O) groups excluding carboxylic acids is 1. The standard InChI is InChI=1S/C19H27N5O2/c1-13-9-17(22-26-13)12-23-7-8-24-11-16(21-19(24)14(23)2)10-18(25)20-15-5-3-4-6-15/h9,11,14-15H,3-8,10,12H2,1-2H3,(H,20,25). The van der Waals surface area contributed by atoms with Crippen molar-refractivity contribution in [1.82, 2.24) is 24.9 Å². The maximum Gasteiger partial charge on any atom is 0.226 e. The van der Waals surface area contributed by atoms with Crippen LogP contribution in [0.15, 0.2) is 16.8 Å². The highest BCUT2D eigenvalue weighted by Crippen LogP contribution is 2.26. The van der Waals surface area contributed by atoms with Gasteiger partial charge in [-0.15, -0.1) is 0 Å². The summed E-state index contributed by atoms with van der Waals surface area (Å²) < 4.78 is 7.36. The van der Waals surface area contributed by atoms with Crippen LogP contribution in [0.1, 0.15) is 61.6 Å². The summed E-state index contributed by atoms with van der Waals surface area (Å²) in [6.07, 6.45) is 7.07. The lowest BCUT2D eigenvalue weighted by atomic mass is 10.2. The van der Waals surface area contributed by atoms with Gasteiger partial charge in [-0.25, -0.2) is 4.98 Å². The SMILES string of the molecule is Cc1cc(CN2CCn3cc(CC(=O)NC4CCCC4)nc3C2C)no1. The molecular weight excluding hydrogens is 330 g/mol. The van der Waals surface area contributed by atoms with Crippen LogP contribution < -0.4 is 5.32 Å². The van der Waals surface area contributed by atoms with Crippen LogP contribution in [0.3, 0.4) is 0 Å². The van der Waals surface area contributed by atoms with Gasteiger partial charge in [0.1, 0.15) is 11.6 Å². The summed E-state index contributed by atoms with van der Waals surface area (Å²) in [6, 6.07) is 2.53. The fraction of sp³-hybridized carbons (Fsp3) is 0.632. The largest absolute Gasteiger partial charge is 0.361 e. The highest BCUT2D eigenvalue weighted by molar-refractivity contribution is 5.78. The van der Waals surface area contributed by atoms with Gasteiger partial charge in [0.2, 0.25) is 5.91 Å². The molecule has 0 aromatic carbocycles. The third-order valence-corrected chi connectivity index (χ3v) is 5.51. The second-order valence-electron chi connectivity index (χ2n) is 7.58. The number of nitrogens with zero attached hydrogens (tertiary/aromatic N) is 4. The Kier molecular flexibility index (Phi) is 4.80. The smallest absolute Gasteiger partial charge is 0.226 e. The third kappa shape index (κ3) is 3.67. The van der Waals surface area contributed by atoms with Crippen LogP contribution in [0.5, 0.6) is 0 Å². The molecule has 1 atom stereocenters. The van der Waals surface area contributed by atoms with Gasteiger partial charge in [0.25, 0.3) is 0 Å². The summed E-state index contributed by atoms with van der Waals surface area (Å²) in [5, 5.41) is 7.24. The number of hydrogen-bond acceptors (Lipinski definition) is 5. The van der Waals surface area contributed by atoms with E-state index in [-0.39, 0.29) is 11.9 Å². The molecule has 0 spiro atoms. The minimum atomic E-state index is 0.0925. The van der Waals surface area contributed by atoms with E-state index in [0.29, 0.717) is 12.5 Å². The number of fused-ring (bicyclic) bond motifs is 1. The highest BCUT2D eigenvalue weighted by Gasteiger charge is 2.27. The van der Waals surface area contributed by atoms with Gasteiger partial charge in [0.15, 0.2) is 0 Å². The van der Waals surface area contributed by atoms with E-state index >= 15 is 0 Å². The second-order valence-corrected chi connectivity index (χ2v) is 7.58. The lowest BCUT2D eigenvalue weighted by Gasteiger charge is -2.32. The van der Waals surface area contributed by atoms with Gasteiger partial charge in [0, 0.05) is 37.9 Å². The Morgan fingerprint density at radius 2 is 2.12 bits per heavy atom. The molecule has 7 heteroatoms. The van der Waals surface area contributed by atoms with Crippen LogP contribution >= 0.6 is 0 Å². The molecule has 0 radical (unpaired) electrons. The number of amides is 1. The number of carbonyl (C=O) groups is 1. The van der Waals surface area contributed by atoms with E-state index in [1.54, 1.807) is 0 Å². The molecule has 1 N–H and O–H groups in total. The summed E-state index contributed by atoms with van der Waals surface area (Å²) in [6.45, 7) is 6.64. The van der Waals surface area contributed by atoms with Crippen molar-refractivity contribution in [2.75, 3.05) is 6.54 Å². The number of aryl methyl sites for hydroxylation is 1. The van der Waals surface area contributed by atoms with E-state index in [9.17, 15) is 4.79 Å². The molecule has 0 saturated heterocycles. The van der Waals surface area contributed by atoms with Crippen molar-refractivity contribution in [3.05, 3.63) is 35.2 Å². The van der Waals surface area contributed by atoms with Crippen molar-refractivity contribution in [2.24, 2.45) is 0 Å². The number of nitrogens with one attached hydrogen (secondary N) is 1. The number of imidazole rings is 1. The van der Waals surface area contributed by atoms with Crippen molar-refractivity contribution in [3.63, 3.8) is 0 Å². The molecule has 1 aliphatic carbocycles. The molecule has 1 aliphatic heterocycles. The number of rotatable bonds is 5. The van der Waals surface area contributed by atoms with Gasteiger partial charge < -0.3 is 14.4 Å². The van der Waals surface area contributed by atoms with Crippen LogP contribution in [0.2, 0.25) is 0 Å². The molecule has 2 aromatic heterocycles. The van der Waals surface area contributed by atoms with Crippen LogP contribution in [-0.2, 0) is 24.3 Å². The first-order valence-electron chi connectivity index (χ1n) is 9.60. The molecule has 1 saturated carbocycles. The predicted molar refractivity (Wildman–Crippen MR) is 96.4 cm³/mol. The number of aromatic nitrogens is 3. The Labute approximate surface area is 153 Å². The Balaban J connectivity index is 1.39. The van der Waals surface area contributed by atoms with Crippen molar-refractivity contribution >= 4 is 5.91 Å².